The average Bonchev–Trinajstić information content (AvgIpc) is 2.87. The van der Waals surface area contributed by atoms with Crippen molar-refractivity contribution in [1.82, 2.24) is 19.7 Å². The minimum Gasteiger partial charge on any atom is -0.325 e. The van der Waals surface area contributed by atoms with Crippen LogP contribution in [-0.2, 0) is 13.1 Å². The molecule has 0 aliphatic carbocycles. The van der Waals surface area contributed by atoms with Crippen molar-refractivity contribution in [2.24, 2.45) is 5.73 Å². The first kappa shape index (κ1) is 11.2. The van der Waals surface area contributed by atoms with Crippen LogP contribution in [0.2, 0.25) is 0 Å². The van der Waals surface area contributed by atoms with Crippen molar-refractivity contribution in [2.75, 3.05) is 0 Å². The molecule has 0 aliphatic rings. The van der Waals surface area contributed by atoms with Gasteiger partial charge in [0.2, 0.25) is 0 Å². The second-order valence-electron chi connectivity index (χ2n) is 3.55. The van der Waals surface area contributed by atoms with Crippen LogP contribution < -0.4 is 5.73 Å². The monoisotopic (exact) mass is 237 g/mol. The summed E-state index contributed by atoms with van der Waals surface area (Å²) in [7, 11) is 0. The molecule has 0 aliphatic heterocycles. The lowest BCUT2D eigenvalue weighted by Crippen LogP contribution is -2.02. The van der Waals surface area contributed by atoms with E-state index in [1.165, 1.54) is 0 Å². The molecule has 0 fully saturated rings. The van der Waals surface area contributed by atoms with Gasteiger partial charge < -0.3 is 10.3 Å². The third-order valence-electron chi connectivity index (χ3n) is 2.34. The van der Waals surface area contributed by atoms with Gasteiger partial charge in [-0.3, -0.25) is 0 Å². The fourth-order valence-corrected chi connectivity index (χ4v) is 2.22. The van der Waals surface area contributed by atoms with Crippen LogP contribution in [0.3, 0.4) is 0 Å². The molecule has 6 heteroatoms. The van der Waals surface area contributed by atoms with E-state index in [9.17, 15) is 0 Å². The average molecular weight is 237 g/mol. The zero-order chi connectivity index (χ0) is 11.5. The molecule has 0 unspecified atom stereocenters. The van der Waals surface area contributed by atoms with Crippen LogP contribution in [0.25, 0.3) is 11.5 Å². The van der Waals surface area contributed by atoms with Crippen LogP contribution in [0.5, 0.6) is 0 Å². The fourth-order valence-electron chi connectivity index (χ4n) is 1.57. The molecule has 86 valence electrons. The summed E-state index contributed by atoms with van der Waals surface area (Å²) in [4.78, 5) is 4.43. The lowest BCUT2D eigenvalue weighted by Gasteiger charge is -2.04. The van der Waals surface area contributed by atoms with Crippen LogP contribution in [0, 0.1) is 6.92 Å². The van der Waals surface area contributed by atoms with E-state index >= 15 is 0 Å². The molecule has 16 heavy (non-hydrogen) atoms. The summed E-state index contributed by atoms with van der Waals surface area (Å²) >= 11 is 1.56. The maximum atomic E-state index is 5.55. The molecule has 0 atom stereocenters. The molecule has 0 aromatic carbocycles. The van der Waals surface area contributed by atoms with Crippen LogP contribution in [0.1, 0.15) is 24.2 Å². The molecule has 0 saturated heterocycles. The zero-order valence-corrected chi connectivity index (χ0v) is 10.3. The molecule has 2 rings (SSSR count). The highest BCUT2D eigenvalue weighted by Gasteiger charge is 2.13. The minimum atomic E-state index is 0.478. The molecule has 5 nitrogen and oxygen atoms in total. The van der Waals surface area contributed by atoms with E-state index in [1.54, 1.807) is 11.3 Å². The van der Waals surface area contributed by atoms with Crippen molar-refractivity contribution in [3.05, 3.63) is 16.2 Å². The highest BCUT2D eigenvalue weighted by Crippen LogP contribution is 2.21. The smallest absolute Gasteiger partial charge is 0.183 e. The number of hydrogen-bond acceptors (Lipinski definition) is 5. The Balaban J connectivity index is 2.39. The summed E-state index contributed by atoms with van der Waals surface area (Å²) in [6, 6.07) is 0. The normalized spacial score (nSPS) is 10.9. The maximum Gasteiger partial charge on any atom is 0.183 e. The summed E-state index contributed by atoms with van der Waals surface area (Å²) < 4.78 is 2.09. The van der Waals surface area contributed by atoms with E-state index in [0.29, 0.717) is 6.54 Å². The zero-order valence-electron chi connectivity index (χ0n) is 9.47. The Morgan fingerprint density at radius 1 is 1.44 bits per heavy atom. The number of aromatic nitrogens is 4. The van der Waals surface area contributed by atoms with E-state index in [-0.39, 0.29) is 0 Å². The van der Waals surface area contributed by atoms with Crippen LogP contribution >= 0.6 is 11.3 Å². The molecule has 2 heterocycles. The van der Waals surface area contributed by atoms with Crippen molar-refractivity contribution in [2.45, 2.75) is 33.4 Å². The van der Waals surface area contributed by atoms with Crippen LogP contribution in [0.15, 0.2) is 5.38 Å². The Hall–Kier alpha value is -1.27. The molecular formula is C10H15N5S. The second kappa shape index (κ2) is 4.71. The highest BCUT2D eigenvalue weighted by molar-refractivity contribution is 7.09. The van der Waals surface area contributed by atoms with Gasteiger partial charge in [-0.25, -0.2) is 4.98 Å². The molecule has 2 N–H and O–H groups in total. The van der Waals surface area contributed by atoms with Gasteiger partial charge in [-0.15, -0.1) is 21.5 Å². The first-order chi connectivity index (χ1) is 7.76. The largest absolute Gasteiger partial charge is 0.325 e. The minimum absolute atomic E-state index is 0.478. The van der Waals surface area contributed by atoms with Gasteiger partial charge >= 0.3 is 0 Å². The van der Waals surface area contributed by atoms with Gasteiger partial charge in [0, 0.05) is 18.5 Å². The third kappa shape index (κ3) is 1.98. The van der Waals surface area contributed by atoms with Gasteiger partial charge in [0.25, 0.3) is 0 Å². The number of hydrogen-bond donors (Lipinski definition) is 1. The lowest BCUT2D eigenvalue weighted by atomic mass is 10.4. The van der Waals surface area contributed by atoms with Crippen molar-refractivity contribution < 1.29 is 0 Å². The first-order valence-electron chi connectivity index (χ1n) is 5.31. The molecule has 0 amide bonds. The first-order valence-corrected chi connectivity index (χ1v) is 6.18. The van der Waals surface area contributed by atoms with Gasteiger partial charge in [-0.05, 0) is 13.3 Å². The summed E-state index contributed by atoms with van der Waals surface area (Å²) in [6.45, 7) is 5.49. The number of aryl methyl sites for hydroxylation is 1. The van der Waals surface area contributed by atoms with E-state index < -0.39 is 0 Å². The molecule has 2 aromatic rings. The molecule has 0 bridgehead atoms. The Kier molecular flexibility index (Phi) is 3.31. The highest BCUT2D eigenvalue weighted by atomic mass is 32.1. The number of thiazole rings is 1. The van der Waals surface area contributed by atoms with Crippen molar-refractivity contribution in [3.63, 3.8) is 0 Å². The van der Waals surface area contributed by atoms with Crippen LogP contribution in [0.4, 0.5) is 0 Å². The topological polar surface area (TPSA) is 69.6 Å². The number of nitrogens with two attached hydrogens (primary N) is 1. The van der Waals surface area contributed by atoms with E-state index in [2.05, 4.69) is 26.7 Å². The predicted octanol–water partition coefficient (Wildman–Crippen LogP) is 1.58. The van der Waals surface area contributed by atoms with Crippen molar-refractivity contribution in [1.29, 1.82) is 0 Å². The predicted molar refractivity (Wildman–Crippen MR) is 64.0 cm³/mol. The Bertz CT molecular complexity index is 473. The molecular weight excluding hydrogens is 222 g/mol. The SMILES string of the molecule is CCCn1c(C)nnc1-c1csc(CN)n1. The van der Waals surface area contributed by atoms with Gasteiger partial charge in [0.1, 0.15) is 16.5 Å². The lowest BCUT2D eigenvalue weighted by molar-refractivity contribution is 0.662. The summed E-state index contributed by atoms with van der Waals surface area (Å²) in [5.74, 6) is 1.77. The number of rotatable bonds is 4. The summed E-state index contributed by atoms with van der Waals surface area (Å²) in [6.07, 6.45) is 1.06. The summed E-state index contributed by atoms with van der Waals surface area (Å²) in [5.41, 5.74) is 6.42. The number of nitrogens with zero attached hydrogens (tertiary/aromatic N) is 4. The Labute approximate surface area is 98.3 Å². The van der Waals surface area contributed by atoms with Gasteiger partial charge in [0.15, 0.2) is 5.82 Å². The van der Waals surface area contributed by atoms with E-state index in [0.717, 1.165) is 35.3 Å². The fraction of sp³-hybridized carbons (Fsp3) is 0.500. The molecule has 0 spiro atoms. The van der Waals surface area contributed by atoms with Gasteiger partial charge in [-0.2, -0.15) is 0 Å². The van der Waals surface area contributed by atoms with Gasteiger partial charge in [-0.1, -0.05) is 6.92 Å². The standard InChI is InChI=1S/C10H15N5S/c1-3-4-15-7(2)13-14-10(15)8-6-16-9(5-11)12-8/h6H,3-5,11H2,1-2H3. The van der Waals surface area contributed by atoms with E-state index in [4.69, 9.17) is 5.73 Å². The third-order valence-corrected chi connectivity index (χ3v) is 3.21. The maximum absolute atomic E-state index is 5.55. The van der Waals surface area contributed by atoms with Crippen LogP contribution in [-0.4, -0.2) is 19.7 Å². The molecule has 0 saturated carbocycles. The van der Waals surface area contributed by atoms with E-state index in [1.807, 2.05) is 12.3 Å². The van der Waals surface area contributed by atoms with Crippen molar-refractivity contribution in [3.8, 4) is 11.5 Å². The van der Waals surface area contributed by atoms with Crippen molar-refractivity contribution >= 4 is 11.3 Å². The second-order valence-corrected chi connectivity index (χ2v) is 4.50. The Morgan fingerprint density at radius 2 is 2.25 bits per heavy atom. The van der Waals surface area contributed by atoms with Gasteiger partial charge in [0.05, 0.1) is 0 Å². The summed E-state index contributed by atoms with van der Waals surface area (Å²) in [5, 5.41) is 11.2. The molecule has 2 aromatic heterocycles. The Morgan fingerprint density at radius 3 is 2.88 bits per heavy atom. The molecule has 0 radical (unpaired) electrons. The quantitative estimate of drug-likeness (QED) is 0.876.